The van der Waals surface area contributed by atoms with Gasteiger partial charge in [-0.15, -0.1) is 0 Å². The molecule has 3 N–H and O–H groups in total. The minimum Gasteiger partial charge on any atom is -0.371 e. The van der Waals surface area contributed by atoms with Crippen LogP contribution in [0, 0.1) is 0 Å². The quantitative estimate of drug-likeness (QED) is 0.763. The molecule has 0 aliphatic carbocycles. The zero-order valence-electron chi connectivity index (χ0n) is 12.5. The van der Waals surface area contributed by atoms with Crippen molar-refractivity contribution in [2.75, 3.05) is 25.0 Å². The Hall–Kier alpha value is -1.11. The molecule has 0 saturated heterocycles. The summed E-state index contributed by atoms with van der Waals surface area (Å²) in [6.45, 7) is 4.99. The van der Waals surface area contributed by atoms with Crippen LogP contribution in [-0.4, -0.2) is 34.6 Å². The zero-order chi connectivity index (χ0) is 15.2. The lowest BCUT2D eigenvalue weighted by Crippen LogP contribution is -2.33. The molecule has 20 heavy (non-hydrogen) atoms. The smallest absolute Gasteiger partial charge is 0.242 e. The Morgan fingerprint density at radius 2 is 2.00 bits per heavy atom. The SMILES string of the molecule is CCCNS(=O)(=O)c1ccccc1N(C)C(C)CCN. The summed E-state index contributed by atoms with van der Waals surface area (Å²) in [5.74, 6) is 0. The highest BCUT2D eigenvalue weighted by Crippen LogP contribution is 2.25. The van der Waals surface area contributed by atoms with Crippen LogP contribution in [0.25, 0.3) is 0 Å². The summed E-state index contributed by atoms with van der Waals surface area (Å²) in [5.41, 5.74) is 6.28. The van der Waals surface area contributed by atoms with E-state index < -0.39 is 10.0 Å². The van der Waals surface area contributed by atoms with E-state index in [-0.39, 0.29) is 6.04 Å². The molecule has 1 aromatic carbocycles. The van der Waals surface area contributed by atoms with E-state index in [2.05, 4.69) is 4.72 Å². The second kappa shape index (κ2) is 7.61. The van der Waals surface area contributed by atoms with Gasteiger partial charge in [-0.25, -0.2) is 13.1 Å². The van der Waals surface area contributed by atoms with Gasteiger partial charge >= 0.3 is 0 Å². The third-order valence-corrected chi connectivity index (χ3v) is 4.83. The van der Waals surface area contributed by atoms with E-state index in [0.29, 0.717) is 23.7 Å². The Labute approximate surface area is 122 Å². The molecule has 0 fully saturated rings. The first-order valence-electron chi connectivity index (χ1n) is 6.95. The maximum absolute atomic E-state index is 12.3. The highest BCUT2D eigenvalue weighted by atomic mass is 32.2. The monoisotopic (exact) mass is 299 g/mol. The fraction of sp³-hybridized carbons (Fsp3) is 0.571. The van der Waals surface area contributed by atoms with Crippen LogP contribution in [0.1, 0.15) is 26.7 Å². The van der Waals surface area contributed by atoms with Crippen LogP contribution in [0.2, 0.25) is 0 Å². The van der Waals surface area contributed by atoms with Gasteiger partial charge in [-0.3, -0.25) is 0 Å². The lowest BCUT2D eigenvalue weighted by atomic mass is 10.2. The lowest BCUT2D eigenvalue weighted by molar-refractivity contribution is 0.578. The minimum absolute atomic E-state index is 0.183. The highest BCUT2D eigenvalue weighted by Gasteiger charge is 2.21. The normalized spacial score (nSPS) is 13.2. The zero-order valence-corrected chi connectivity index (χ0v) is 13.3. The summed E-state index contributed by atoms with van der Waals surface area (Å²) in [6.07, 6.45) is 1.58. The van der Waals surface area contributed by atoms with Crippen molar-refractivity contribution in [1.29, 1.82) is 0 Å². The number of anilines is 1. The molecule has 0 bridgehead atoms. The molecule has 0 radical (unpaired) electrons. The molecule has 0 spiro atoms. The molecular weight excluding hydrogens is 274 g/mol. The largest absolute Gasteiger partial charge is 0.371 e. The van der Waals surface area contributed by atoms with E-state index in [1.54, 1.807) is 12.1 Å². The maximum Gasteiger partial charge on any atom is 0.242 e. The van der Waals surface area contributed by atoms with Crippen LogP contribution in [0.3, 0.4) is 0 Å². The molecule has 0 heterocycles. The number of hydrogen-bond donors (Lipinski definition) is 2. The molecule has 0 aliphatic rings. The van der Waals surface area contributed by atoms with Crippen molar-refractivity contribution in [3.05, 3.63) is 24.3 Å². The number of para-hydroxylation sites is 1. The minimum atomic E-state index is -3.47. The Kier molecular flexibility index (Phi) is 6.45. The van der Waals surface area contributed by atoms with Crippen molar-refractivity contribution >= 4 is 15.7 Å². The van der Waals surface area contributed by atoms with E-state index in [1.165, 1.54) is 0 Å². The van der Waals surface area contributed by atoms with E-state index in [1.807, 2.05) is 37.9 Å². The first-order chi connectivity index (χ1) is 9.44. The number of benzene rings is 1. The van der Waals surface area contributed by atoms with Gasteiger partial charge in [-0.05, 0) is 38.4 Å². The Balaban J connectivity index is 3.10. The number of nitrogens with zero attached hydrogens (tertiary/aromatic N) is 1. The maximum atomic E-state index is 12.3. The summed E-state index contributed by atoms with van der Waals surface area (Å²) >= 11 is 0. The van der Waals surface area contributed by atoms with Crippen LogP contribution in [0.4, 0.5) is 5.69 Å². The molecule has 0 saturated carbocycles. The van der Waals surface area contributed by atoms with Crippen LogP contribution >= 0.6 is 0 Å². The molecule has 5 nitrogen and oxygen atoms in total. The van der Waals surface area contributed by atoms with Crippen molar-refractivity contribution in [3.8, 4) is 0 Å². The van der Waals surface area contributed by atoms with Gasteiger partial charge in [0, 0.05) is 19.6 Å². The summed E-state index contributed by atoms with van der Waals surface area (Å²) in [5, 5.41) is 0. The molecule has 1 aromatic rings. The fourth-order valence-electron chi connectivity index (χ4n) is 1.96. The molecule has 6 heteroatoms. The number of nitrogens with one attached hydrogen (secondary N) is 1. The Morgan fingerprint density at radius 3 is 2.60 bits per heavy atom. The van der Waals surface area contributed by atoms with Crippen LogP contribution in [0.15, 0.2) is 29.2 Å². The number of nitrogens with two attached hydrogens (primary N) is 1. The molecule has 0 amide bonds. The van der Waals surface area contributed by atoms with Gasteiger partial charge in [0.1, 0.15) is 4.90 Å². The second-order valence-corrected chi connectivity index (χ2v) is 6.64. The summed E-state index contributed by atoms with van der Waals surface area (Å²) < 4.78 is 27.3. The standard InChI is InChI=1S/C14H25N3O2S/c1-4-11-16-20(18,19)14-8-6-5-7-13(14)17(3)12(2)9-10-15/h5-8,12,16H,4,9-11,15H2,1-3H3. The molecule has 0 aliphatic heterocycles. The van der Waals surface area contributed by atoms with Gasteiger partial charge in [0.05, 0.1) is 5.69 Å². The molecule has 0 aromatic heterocycles. The third-order valence-electron chi connectivity index (χ3n) is 3.32. The predicted octanol–water partition coefficient (Wildman–Crippen LogP) is 1.55. The predicted molar refractivity (Wildman–Crippen MR) is 83.5 cm³/mol. The number of hydrogen-bond acceptors (Lipinski definition) is 4. The molecule has 1 rings (SSSR count). The van der Waals surface area contributed by atoms with Crippen molar-refractivity contribution in [2.45, 2.75) is 37.6 Å². The van der Waals surface area contributed by atoms with Gasteiger partial charge in [-0.2, -0.15) is 0 Å². The summed E-state index contributed by atoms with van der Waals surface area (Å²) in [6, 6.07) is 7.24. The van der Waals surface area contributed by atoms with E-state index in [4.69, 9.17) is 5.73 Å². The first-order valence-corrected chi connectivity index (χ1v) is 8.44. The topological polar surface area (TPSA) is 75.4 Å². The van der Waals surface area contributed by atoms with Crippen molar-refractivity contribution in [1.82, 2.24) is 4.72 Å². The first kappa shape index (κ1) is 16.9. The van der Waals surface area contributed by atoms with E-state index in [9.17, 15) is 8.42 Å². The molecular formula is C14H25N3O2S. The molecule has 114 valence electrons. The lowest BCUT2D eigenvalue weighted by Gasteiger charge is -2.28. The van der Waals surface area contributed by atoms with E-state index in [0.717, 1.165) is 12.8 Å². The number of rotatable bonds is 8. The average molecular weight is 299 g/mol. The summed E-state index contributed by atoms with van der Waals surface area (Å²) in [4.78, 5) is 2.28. The third kappa shape index (κ3) is 4.19. The van der Waals surface area contributed by atoms with Gasteiger partial charge in [0.2, 0.25) is 10.0 Å². The second-order valence-electron chi connectivity index (χ2n) is 4.90. The average Bonchev–Trinajstić information content (AvgIpc) is 2.44. The number of sulfonamides is 1. The van der Waals surface area contributed by atoms with E-state index >= 15 is 0 Å². The summed E-state index contributed by atoms with van der Waals surface area (Å²) in [7, 11) is -1.57. The molecule has 1 unspecified atom stereocenters. The van der Waals surface area contributed by atoms with Crippen LogP contribution < -0.4 is 15.4 Å². The van der Waals surface area contributed by atoms with Crippen LogP contribution in [0.5, 0.6) is 0 Å². The highest BCUT2D eigenvalue weighted by molar-refractivity contribution is 7.89. The Bertz CT molecular complexity index is 517. The van der Waals surface area contributed by atoms with Crippen molar-refractivity contribution in [3.63, 3.8) is 0 Å². The van der Waals surface area contributed by atoms with Gasteiger partial charge in [0.25, 0.3) is 0 Å². The van der Waals surface area contributed by atoms with Gasteiger partial charge in [0.15, 0.2) is 0 Å². The molecule has 1 atom stereocenters. The van der Waals surface area contributed by atoms with Crippen LogP contribution in [-0.2, 0) is 10.0 Å². The Morgan fingerprint density at radius 1 is 1.35 bits per heavy atom. The fourth-order valence-corrected chi connectivity index (χ4v) is 3.34. The van der Waals surface area contributed by atoms with Crippen molar-refractivity contribution < 1.29 is 8.42 Å². The van der Waals surface area contributed by atoms with Gasteiger partial charge < -0.3 is 10.6 Å². The van der Waals surface area contributed by atoms with Gasteiger partial charge in [-0.1, -0.05) is 19.1 Å². The van der Waals surface area contributed by atoms with Crippen molar-refractivity contribution in [2.24, 2.45) is 5.73 Å².